The first-order valence-corrected chi connectivity index (χ1v) is 8.07. The van der Waals surface area contributed by atoms with Crippen LogP contribution in [0.3, 0.4) is 0 Å². The van der Waals surface area contributed by atoms with Gasteiger partial charge in [-0.05, 0) is 43.2 Å². The lowest BCUT2D eigenvalue weighted by Crippen LogP contribution is -2.37. The molecule has 2 saturated carbocycles. The van der Waals surface area contributed by atoms with Gasteiger partial charge in [-0.1, -0.05) is 0 Å². The van der Waals surface area contributed by atoms with Crippen LogP contribution in [-0.4, -0.2) is 30.2 Å². The van der Waals surface area contributed by atoms with Crippen molar-refractivity contribution in [3.63, 3.8) is 0 Å². The van der Waals surface area contributed by atoms with Crippen molar-refractivity contribution in [1.82, 2.24) is 0 Å². The van der Waals surface area contributed by atoms with Gasteiger partial charge in [0.15, 0.2) is 11.5 Å². The molecule has 4 unspecified atom stereocenters. The molecule has 1 aromatic rings. The Kier molecular flexibility index (Phi) is 3.39. The number of amides is 1. The molecule has 23 heavy (non-hydrogen) atoms. The summed E-state index contributed by atoms with van der Waals surface area (Å²) in [6.07, 6.45) is 2.74. The number of fused-ring (bicyclic) bond motifs is 3. The first-order chi connectivity index (χ1) is 11.1. The maximum absolute atomic E-state index is 12.6. The van der Waals surface area contributed by atoms with Crippen LogP contribution in [0.2, 0.25) is 0 Å². The van der Waals surface area contributed by atoms with Crippen LogP contribution in [-0.2, 0) is 9.59 Å². The molecule has 6 nitrogen and oxygen atoms in total. The second kappa shape index (κ2) is 5.44. The number of rotatable bonds is 3. The SMILES string of the molecule is O=C(O)C1C2CCC(C2)C1C(=O)Nc1ccc2c(c1)OCCO2. The number of hydrogen-bond acceptors (Lipinski definition) is 4. The highest BCUT2D eigenvalue weighted by molar-refractivity contribution is 5.96. The minimum absolute atomic E-state index is 0.147. The number of nitrogens with one attached hydrogen (secondary N) is 1. The molecule has 2 N–H and O–H groups in total. The van der Waals surface area contributed by atoms with Gasteiger partial charge in [-0.15, -0.1) is 0 Å². The summed E-state index contributed by atoms with van der Waals surface area (Å²) in [5, 5.41) is 12.3. The first-order valence-electron chi connectivity index (χ1n) is 8.07. The Morgan fingerprint density at radius 3 is 2.48 bits per heavy atom. The molecule has 6 heteroatoms. The zero-order valence-electron chi connectivity index (χ0n) is 12.7. The van der Waals surface area contributed by atoms with E-state index >= 15 is 0 Å². The van der Waals surface area contributed by atoms with Gasteiger partial charge in [0, 0.05) is 11.8 Å². The van der Waals surface area contributed by atoms with Crippen molar-refractivity contribution >= 4 is 17.6 Å². The number of carbonyl (C=O) groups is 2. The van der Waals surface area contributed by atoms with Crippen LogP contribution in [0.4, 0.5) is 5.69 Å². The van der Waals surface area contributed by atoms with Crippen molar-refractivity contribution in [1.29, 1.82) is 0 Å². The Morgan fingerprint density at radius 2 is 1.74 bits per heavy atom. The number of carboxylic acid groups (broad SMARTS) is 1. The van der Waals surface area contributed by atoms with E-state index in [0.717, 1.165) is 19.3 Å². The molecule has 2 aliphatic carbocycles. The summed E-state index contributed by atoms with van der Waals surface area (Å²) in [6.45, 7) is 1.00. The normalized spacial score (nSPS) is 31.0. The molecule has 0 radical (unpaired) electrons. The van der Waals surface area contributed by atoms with Gasteiger partial charge in [0.2, 0.25) is 5.91 Å². The summed E-state index contributed by atoms with van der Waals surface area (Å²) in [5.74, 6) is -0.410. The molecule has 0 saturated heterocycles. The number of anilines is 1. The van der Waals surface area contributed by atoms with Crippen molar-refractivity contribution < 1.29 is 24.2 Å². The van der Waals surface area contributed by atoms with Crippen molar-refractivity contribution in [3.05, 3.63) is 18.2 Å². The molecule has 0 aromatic heterocycles. The third-order valence-electron chi connectivity index (χ3n) is 5.31. The number of benzene rings is 1. The molecular weight excluding hydrogens is 298 g/mol. The van der Waals surface area contributed by atoms with Crippen LogP contribution >= 0.6 is 0 Å². The molecule has 1 aliphatic heterocycles. The van der Waals surface area contributed by atoms with E-state index in [0.29, 0.717) is 30.4 Å². The average Bonchev–Trinajstić information content (AvgIpc) is 3.15. The standard InChI is InChI=1S/C17H19NO5/c19-16(14-9-1-2-10(7-9)15(14)17(20)21)18-11-3-4-12-13(8-11)23-6-5-22-12/h3-4,8-10,14-15H,1-2,5-7H2,(H,18,19)(H,20,21). The largest absolute Gasteiger partial charge is 0.486 e. The van der Waals surface area contributed by atoms with Crippen LogP contribution in [0.25, 0.3) is 0 Å². The smallest absolute Gasteiger partial charge is 0.307 e. The second-order valence-electron chi connectivity index (χ2n) is 6.57. The molecule has 3 aliphatic rings. The van der Waals surface area contributed by atoms with Gasteiger partial charge in [-0.2, -0.15) is 0 Å². The zero-order valence-corrected chi connectivity index (χ0v) is 12.7. The Morgan fingerprint density at radius 1 is 1.04 bits per heavy atom. The zero-order chi connectivity index (χ0) is 16.0. The Balaban J connectivity index is 1.52. The van der Waals surface area contributed by atoms with Crippen LogP contribution < -0.4 is 14.8 Å². The monoisotopic (exact) mass is 317 g/mol. The number of hydrogen-bond donors (Lipinski definition) is 2. The van der Waals surface area contributed by atoms with Gasteiger partial charge < -0.3 is 19.9 Å². The van der Waals surface area contributed by atoms with Crippen molar-refractivity contribution in [2.45, 2.75) is 19.3 Å². The predicted octanol–water partition coefficient (Wildman–Crippen LogP) is 2.14. The van der Waals surface area contributed by atoms with E-state index in [4.69, 9.17) is 9.47 Å². The molecule has 4 atom stereocenters. The molecule has 2 fully saturated rings. The Hall–Kier alpha value is -2.24. The minimum atomic E-state index is -0.848. The lowest BCUT2D eigenvalue weighted by Gasteiger charge is -2.27. The molecule has 1 aromatic carbocycles. The number of ether oxygens (including phenoxy) is 2. The highest BCUT2D eigenvalue weighted by Crippen LogP contribution is 2.52. The summed E-state index contributed by atoms with van der Waals surface area (Å²) in [7, 11) is 0. The van der Waals surface area contributed by atoms with Crippen molar-refractivity contribution in [3.8, 4) is 11.5 Å². The van der Waals surface area contributed by atoms with Gasteiger partial charge in [-0.3, -0.25) is 9.59 Å². The van der Waals surface area contributed by atoms with E-state index in [1.165, 1.54) is 0 Å². The molecule has 2 bridgehead atoms. The molecule has 1 amide bonds. The highest BCUT2D eigenvalue weighted by atomic mass is 16.6. The summed E-state index contributed by atoms with van der Waals surface area (Å²) < 4.78 is 11.0. The Bertz CT molecular complexity index is 658. The van der Waals surface area contributed by atoms with Gasteiger partial charge in [0.25, 0.3) is 0 Å². The molecule has 1 heterocycles. The summed E-state index contributed by atoms with van der Waals surface area (Å²) in [6, 6.07) is 5.25. The first kappa shape index (κ1) is 14.4. The quantitative estimate of drug-likeness (QED) is 0.892. The molecule has 0 spiro atoms. The lowest BCUT2D eigenvalue weighted by atomic mass is 9.78. The predicted molar refractivity (Wildman–Crippen MR) is 81.5 cm³/mol. The summed E-state index contributed by atoms with van der Waals surface area (Å²) in [5.41, 5.74) is 0.617. The van der Waals surface area contributed by atoms with Gasteiger partial charge in [-0.25, -0.2) is 0 Å². The van der Waals surface area contributed by atoms with Crippen molar-refractivity contribution in [2.75, 3.05) is 18.5 Å². The third kappa shape index (κ3) is 2.42. The molecule has 122 valence electrons. The van der Waals surface area contributed by atoms with E-state index in [1.54, 1.807) is 18.2 Å². The molecule has 4 rings (SSSR count). The van der Waals surface area contributed by atoms with Gasteiger partial charge in [0.1, 0.15) is 13.2 Å². The summed E-state index contributed by atoms with van der Waals surface area (Å²) >= 11 is 0. The maximum atomic E-state index is 12.6. The van der Waals surface area contributed by atoms with Gasteiger partial charge >= 0.3 is 5.97 Å². The van der Waals surface area contributed by atoms with Gasteiger partial charge in [0.05, 0.1) is 11.8 Å². The number of carboxylic acids is 1. The minimum Gasteiger partial charge on any atom is -0.486 e. The second-order valence-corrected chi connectivity index (χ2v) is 6.57. The highest BCUT2D eigenvalue weighted by Gasteiger charge is 2.53. The lowest BCUT2D eigenvalue weighted by molar-refractivity contribution is -0.148. The van der Waals surface area contributed by atoms with E-state index < -0.39 is 17.8 Å². The Labute approximate surface area is 133 Å². The van der Waals surface area contributed by atoms with E-state index in [1.807, 2.05) is 0 Å². The topological polar surface area (TPSA) is 84.9 Å². The maximum Gasteiger partial charge on any atom is 0.307 e. The van der Waals surface area contributed by atoms with Crippen molar-refractivity contribution in [2.24, 2.45) is 23.7 Å². The van der Waals surface area contributed by atoms with Crippen LogP contribution in [0.5, 0.6) is 11.5 Å². The van der Waals surface area contributed by atoms with E-state index in [-0.39, 0.29) is 17.7 Å². The van der Waals surface area contributed by atoms with E-state index in [9.17, 15) is 14.7 Å². The van der Waals surface area contributed by atoms with Crippen LogP contribution in [0.1, 0.15) is 19.3 Å². The average molecular weight is 317 g/mol. The van der Waals surface area contributed by atoms with Crippen LogP contribution in [0.15, 0.2) is 18.2 Å². The fourth-order valence-electron chi connectivity index (χ4n) is 4.37. The molecular formula is C17H19NO5. The number of carbonyl (C=O) groups excluding carboxylic acids is 1. The fourth-order valence-corrected chi connectivity index (χ4v) is 4.37. The fraction of sp³-hybridized carbons (Fsp3) is 0.529. The number of aliphatic carboxylic acids is 1. The van der Waals surface area contributed by atoms with Crippen LogP contribution in [0, 0.1) is 23.7 Å². The third-order valence-corrected chi connectivity index (χ3v) is 5.31. The van der Waals surface area contributed by atoms with E-state index in [2.05, 4.69) is 5.32 Å². The summed E-state index contributed by atoms with van der Waals surface area (Å²) in [4.78, 5) is 24.2.